The van der Waals surface area contributed by atoms with Crippen LogP contribution in [-0.2, 0) is 14.3 Å². The number of aliphatic hydroxyl groups excluding tert-OH is 1. The molecule has 0 aliphatic carbocycles. The number of rotatable bonds is 10. The summed E-state index contributed by atoms with van der Waals surface area (Å²) in [6, 6.07) is 13.1. The van der Waals surface area contributed by atoms with Crippen molar-refractivity contribution in [1.29, 1.82) is 0 Å². The number of methoxy groups -OCH3 is 2. The highest BCUT2D eigenvalue weighted by Crippen LogP contribution is 2.40. The molecule has 0 unspecified atom stereocenters. The maximum absolute atomic E-state index is 13.0. The standard InChI is InChI=1S/C25H27NO6/c1-4-15-32-20-12-6-17(7-13-20)22-21(23(27)18-8-10-19(31-3)11-9-18)24(28)25(29)26(22)14-5-16-30-2/h4,6-13,22,27H,1,5,14-16H2,2-3H3/t22-/m1/s1. The molecule has 7 heteroatoms. The Kier molecular flexibility index (Phi) is 7.68. The van der Waals surface area contributed by atoms with Crippen LogP contribution in [-0.4, -0.2) is 55.7 Å². The molecular formula is C25H27NO6. The summed E-state index contributed by atoms with van der Waals surface area (Å²) in [6.07, 6.45) is 2.20. The summed E-state index contributed by atoms with van der Waals surface area (Å²) in [5.74, 6) is -0.327. The Morgan fingerprint density at radius 1 is 1.06 bits per heavy atom. The maximum atomic E-state index is 13.0. The Balaban J connectivity index is 2.04. The molecule has 0 spiro atoms. The minimum absolute atomic E-state index is 0.0531. The third-order valence-electron chi connectivity index (χ3n) is 5.21. The van der Waals surface area contributed by atoms with E-state index >= 15 is 0 Å². The van der Waals surface area contributed by atoms with Crippen molar-refractivity contribution in [2.45, 2.75) is 12.5 Å². The fourth-order valence-electron chi connectivity index (χ4n) is 3.64. The van der Waals surface area contributed by atoms with Gasteiger partial charge in [-0.15, -0.1) is 0 Å². The van der Waals surface area contributed by atoms with Crippen LogP contribution in [0.2, 0.25) is 0 Å². The Morgan fingerprint density at radius 2 is 1.72 bits per heavy atom. The number of ether oxygens (including phenoxy) is 3. The monoisotopic (exact) mass is 437 g/mol. The quantitative estimate of drug-likeness (QED) is 0.201. The van der Waals surface area contributed by atoms with Gasteiger partial charge < -0.3 is 24.2 Å². The molecule has 0 radical (unpaired) electrons. The van der Waals surface area contributed by atoms with Crippen LogP contribution in [0, 0.1) is 0 Å². The summed E-state index contributed by atoms with van der Waals surface area (Å²) in [5.41, 5.74) is 1.18. The van der Waals surface area contributed by atoms with Crippen LogP contribution >= 0.6 is 0 Å². The molecule has 0 aromatic heterocycles. The SMILES string of the molecule is C=CCOc1ccc([C@@H]2C(=C(O)c3ccc(OC)cc3)C(=O)C(=O)N2CCCOC)cc1. The van der Waals surface area contributed by atoms with Crippen LogP contribution in [0.5, 0.6) is 11.5 Å². The van der Waals surface area contributed by atoms with E-state index in [0.29, 0.717) is 48.8 Å². The van der Waals surface area contributed by atoms with Gasteiger partial charge in [0.15, 0.2) is 0 Å². The van der Waals surface area contributed by atoms with Gasteiger partial charge in [-0.05, 0) is 48.4 Å². The number of amides is 1. The van der Waals surface area contributed by atoms with Crippen LogP contribution in [0.1, 0.15) is 23.6 Å². The third kappa shape index (κ3) is 4.84. The van der Waals surface area contributed by atoms with Crippen molar-refractivity contribution >= 4 is 17.4 Å². The zero-order valence-electron chi connectivity index (χ0n) is 18.2. The largest absolute Gasteiger partial charge is 0.507 e. The first kappa shape index (κ1) is 23.1. The highest BCUT2D eigenvalue weighted by atomic mass is 16.5. The maximum Gasteiger partial charge on any atom is 0.295 e. The molecular weight excluding hydrogens is 410 g/mol. The van der Waals surface area contributed by atoms with Crippen molar-refractivity contribution in [3.05, 3.63) is 77.9 Å². The summed E-state index contributed by atoms with van der Waals surface area (Å²) in [5, 5.41) is 11.0. The van der Waals surface area contributed by atoms with E-state index in [-0.39, 0.29) is 11.3 Å². The number of likely N-dealkylation sites (tertiary alicyclic amines) is 1. The van der Waals surface area contributed by atoms with Crippen LogP contribution < -0.4 is 9.47 Å². The van der Waals surface area contributed by atoms with E-state index in [1.54, 1.807) is 68.8 Å². The second-order valence-corrected chi connectivity index (χ2v) is 7.24. The van der Waals surface area contributed by atoms with Crippen molar-refractivity contribution in [2.24, 2.45) is 0 Å². The second-order valence-electron chi connectivity index (χ2n) is 7.24. The highest BCUT2D eigenvalue weighted by Gasteiger charge is 2.45. The fraction of sp³-hybridized carbons (Fsp3) is 0.280. The normalized spacial score (nSPS) is 17.4. The molecule has 168 valence electrons. The molecule has 1 heterocycles. The van der Waals surface area contributed by atoms with Gasteiger partial charge in [0.1, 0.15) is 23.9 Å². The van der Waals surface area contributed by atoms with E-state index in [9.17, 15) is 14.7 Å². The third-order valence-corrected chi connectivity index (χ3v) is 5.21. The van der Waals surface area contributed by atoms with Gasteiger partial charge in [0.05, 0.1) is 18.7 Å². The average Bonchev–Trinajstić information content (AvgIpc) is 3.08. The zero-order valence-corrected chi connectivity index (χ0v) is 18.2. The Hall–Kier alpha value is -3.58. The Labute approximate surface area is 187 Å². The molecule has 1 aliphatic heterocycles. The van der Waals surface area contributed by atoms with Crippen LogP contribution in [0.4, 0.5) is 0 Å². The van der Waals surface area contributed by atoms with E-state index in [0.717, 1.165) is 0 Å². The van der Waals surface area contributed by atoms with Gasteiger partial charge in [-0.3, -0.25) is 9.59 Å². The topological polar surface area (TPSA) is 85.3 Å². The van der Waals surface area contributed by atoms with E-state index in [1.807, 2.05) is 0 Å². The average molecular weight is 437 g/mol. The van der Waals surface area contributed by atoms with Crippen molar-refractivity contribution in [3.8, 4) is 11.5 Å². The van der Waals surface area contributed by atoms with Gasteiger partial charge in [-0.2, -0.15) is 0 Å². The summed E-state index contributed by atoms with van der Waals surface area (Å²) in [7, 11) is 3.13. The van der Waals surface area contributed by atoms with E-state index in [2.05, 4.69) is 6.58 Å². The molecule has 1 fully saturated rings. The lowest BCUT2D eigenvalue weighted by Gasteiger charge is -2.25. The lowest BCUT2D eigenvalue weighted by atomic mass is 9.95. The first-order valence-corrected chi connectivity index (χ1v) is 10.3. The summed E-state index contributed by atoms with van der Waals surface area (Å²) < 4.78 is 15.8. The number of hydrogen-bond acceptors (Lipinski definition) is 6. The lowest BCUT2D eigenvalue weighted by Crippen LogP contribution is -2.31. The molecule has 1 aliphatic rings. The first-order valence-electron chi connectivity index (χ1n) is 10.3. The predicted molar refractivity (Wildman–Crippen MR) is 121 cm³/mol. The molecule has 1 atom stereocenters. The summed E-state index contributed by atoms with van der Waals surface area (Å²) in [6.45, 7) is 4.76. The first-order chi connectivity index (χ1) is 15.5. The number of Topliss-reactive ketones (excluding diaryl/α,β-unsaturated/α-hetero) is 1. The van der Waals surface area contributed by atoms with Crippen molar-refractivity contribution in [3.63, 3.8) is 0 Å². The van der Waals surface area contributed by atoms with Crippen molar-refractivity contribution in [2.75, 3.05) is 34.0 Å². The van der Waals surface area contributed by atoms with E-state index < -0.39 is 17.7 Å². The predicted octanol–water partition coefficient (Wildman–Crippen LogP) is 3.72. The molecule has 1 saturated heterocycles. The van der Waals surface area contributed by atoms with Gasteiger partial charge in [0.2, 0.25) is 0 Å². The molecule has 0 saturated carbocycles. The summed E-state index contributed by atoms with van der Waals surface area (Å²) >= 11 is 0. The minimum Gasteiger partial charge on any atom is -0.507 e. The molecule has 1 amide bonds. The highest BCUT2D eigenvalue weighted by molar-refractivity contribution is 6.46. The fourth-order valence-corrected chi connectivity index (χ4v) is 3.64. The number of aliphatic hydroxyl groups is 1. The van der Waals surface area contributed by atoms with Gasteiger partial charge in [0.25, 0.3) is 11.7 Å². The number of ketones is 1. The van der Waals surface area contributed by atoms with Crippen LogP contribution in [0.3, 0.4) is 0 Å². The van der Waals surface area contributed by atoms with Gasteiger partial charge in [-0.25, -0.2) is 0 Å². The molecule has 1 N–H and O–H groups in total. The number of carbonyl (C=O) groups excluding carboxylic acids is 2. The zero-order chi connectivity index (χ0) is 23.1. The molecule has 32 heavy (non-hydrogen) atoms. The molecule has 0 bridgehead atoms. The van der Waals surface area contributed by atoms with Crippen molar-refractivity contribution in [1.82, 2.24) is 4.90 Å². The molecule has 2 aromatic rings. The van der Waals surface area contributed by atoms with Crippen LogP contribution in [0.25, 0.3) is 5.76 Å². The van der Waals surface area contributed by atoms with Gasteiger partial charge in [-0.1, -0.05) is 24.8 Å². The smallest absolute Gasteiger partial charge is 0.295 e. The number of nitrogens with zero attached hydrogens (tertiary/aromatic N) is 1. The lowest BCUT2D eigenvalue weighted by molar-refractivity contribution is -0.140. The number of hydrogen-bond donors (Lipinski definition) is 1. The molecule has 2 aromatic carbocycles. The van der Waals surface area contributed by atoms with Crippen LogP contribution in [0.15, 0.2) is 66.8 Å². The Bertz CT molecular complexity index is 994. The number of carbonyl (C=O) groups is 2. The van der Waals surface area contributed by atoms with Gasteiger partial charge in [0, 0.05) is 25.8 Å². The number of benzene rings is 2. The Morgan fingerprint density at radius 3 is 2.31 bits per heavy atom. The summed E-state index contributed by atoms with van der Waals surface area (Å²) in [4.78, 5) is 27.3. The molecule has 7 nitrogen and oxygen atoms in total. The minimum atomic E-state index is -0.720. The van der Waals surface area contributed by atoms with Gasteiger partial charge >= 0.3 is 0 Å². The van der Waals surface area contributed by atoms with E-state index in [1.165, 1.54) is 4.90 Å². The van der Waals surface area contributed by atoms with E-state index in [4.69, 9.17) is 14.2 Å². The molecule has 3 rings (SSSR count). The van der Waals surface area contributed by atoms with Crippen molar-refractivity contribution < 1.29 is 28.9 Å². The second kappa shape index (κ2) is 10.6.